The van der Waals surface area contributed by atoms with Crippen molar-refractivity contribution >= 4 is 56.2 Å². The van der Waals surface area contributed by atoms with Crippen molar-refractivity contribution in [1.82, 2.24) is 40.4 Å². The van der Waals surface area contributed by atoms with Crippen LogP contribution in [0.4, 0.5) is 0 Å². The number of benzene rings is 2. The molecule has 0 saturated heterocycles. The molecule has 0 saturated carbocycles. The molecule has 178 valence electrons. The average molecular weight is 690 g/mol. The third kappa shape index (κ3) is 4.95. The minimum absolute atomic E-state index is 0.591. The van der Waals surface area contributed by atoms with Crippen molar-refractivity contribution < 1.29 is 0 Å². The van der Waals surface area contributed by atoms with Gasteiger partial charge in [0.15, 0.2) is 0 Å². The maximum Gasteiger partial charge on any atom is 0.205 e. The number of hydrogen-bond acceptors (Lipinski definition) is 6. The summed E-state index contributed by atoms with van der Waals surface area (Å²) in [6.07, 6.45) is 3.18. The number of alkyl halides is 2. The number of nitrogens with one attached hydrogen (secondary N) is 1. The smallest absolute Gasteiger partial charge is 0.205 e. The Bertz CT molecular complexity index is 1430. The number of aromatic nitrogens is 8. The lowest BCUT2D eigenvalue weighted by Gasteiger charge is -2.12. The van der Waals surface area contributed by atoms with Crippen LogP contribution in [0.25, 0.3) is 33.5 Å². The topological polar surface area (TPSA) is 98.1 Å². The molecule has 5 rings (SSSR count). The van der Waals surface area contributed by atoms with Gasteiger partial charge in [0.2, 0.25) is 5.82 Å². The van der Waals surface area contributed by atoms with Crippen molar-refractivity contribution in [2.24, 2.45) is 0 Å². The van der Waals surface area contributed by atoms with Crippen LogP contribution in [0.5, 0.6) is 0 Å². The van der Waals surface area contributed by atoms with Crippen LogP contribution >= 0.6 is 45.2 Å². The zero-order valence-electron chi connectivity index (χ0n) is 19.2. The second-order valence-electron chi connectivity index (χ2n) is 8.25. The molecule has 0 atom stereocenters. The first-order valence-electron chi connectivity index (χ1n) is 11.5. The molecule has 5 aromatic rings. The van der Waals surface area contributed by atoms with E-state index < -0.39 is 0 Å². The van der Waals surface area contributed by atoms with E-state index in [1.165, 1.54) is 5.56 Å². The highest BCUT2D eigenvalue weighted by Gasteiger charge is 2.19. The van der Waals surface area contributed by atoms with E-state index in [9.17, 15) is 0 Å². The molecule has 0 bridgehead atoms. The van der Waals surface area contributed by atoms with Gasteiger partial charge in [-0.1, -0.05) is 107 Å². The highest BCUT2D eigenvalue weighted by molar-refractivity contribution is 14.1. The highest BCUT2D eigenvalue weighted by atomic mass is 127. The van der Waals surface area contributed by atoms with Crippen molar-refractivity contribution in [3.63, 3.8) is 0 Å². The number of fused-ring (bicyclic) bond motifs is 1. The van der Waals surface area contributed by atoms with Gasteiger partial charge in [-0.2, -0.15) is 15.4 Å². The van der Waals surface area contributed by atoms with Gasteiger partial charge in [0.05, 0.1) is 11.2 Å². The molecule has 0 amide bonds. The molecule has 2 aromatic carbocycles. The van der Waals surface area contributed by atoms with Crippen LogP contribution in [-0.2, 0) is 21.8 Å². The van der Waals surface area contributed by atoms with Crippen LogP contribution in [0.3, 0.4) is 0 Å². The van der Waals surface area contributed by atoms with Crippen LogP contribution in [0.1, 0.15) is 42.5 Å². The minimum Gasteiger partial charge on any atom is -0.322 e. The zero-order valence-corrected chi connectivity index (χ0v) is 23.6. The second kappa shape index (κ2) is 11.1. The van der Waals surface area contributed by atoms with Gasteiger partial charge in [0.1, 0.15) is 17.0 Å². The molecule has 3 heterocycles. The van der Waals surface area contributed by atoms with Crippen LogP contribution in [-0.4, -0.2) is 40.4 Å². The Hall–Kier alpha value is -2.48. The van der Waals surface area contributed by atoms with E-state index in [0.717, 1.165) is 79.6 Å². The maximum absolute atomic E-state index is 5.06. The molecule has 10 heteroatoms. The molecule has 1 N–H and O–H groups in total. The van der Waals surface area contributed by atoms with E-state index in [-0.39, 0.29) is 0 Å². The Morgan fingerprint density at radius 3 is 2.31 bits per heavy atom. The summed E-state index contributed by atoms with van der Waals surface area (Å²) in [6.45, 7) is 2.96. The van der Waals surface area contributed by atoms with Gasteiger partial charge in [-0.05, 0) is 28.3 Å². The number of aromatic amines is 1. The second-order valence-corrected chi connectivity index (χ2v) is 9.78. The molecular formula is C25H24I2N8. The first-order chi connectivity index (χ1) is 17.2. The largest absolute Gasteiger partial charge is 0.322 e. The van der Waals surface area contributed by atoms with Crippen LogP contribution < -0.4 is 0 Å². The predicted octanol–water partition coefficient (Wildman–Crippen LogP) is 5.93. The Morgan fingerprint density at radius 2 is 1.63 bits per heavy atom. The number of tetrazole rings is 1. The quantitative estimate of drug-likeness (QED) is 0.152. The first-order valence-corrected chi connectivity index (χ1v) is 14.6. The molecular weight excluding hydrogens is 666 g/mol. The third-order valence-electron chi connectivity index (χ3n) is 6.01. The molecule has 0 radical (unpaired) electrons. The monoisotopic (exact) mass is 690 g/mol. The summed E-state index contributed by atoms with van der Waals surface area (Å²) in [7, 11) is 0. The molecule has 0 fully saturated rings. The standard InChI is InChI=1S/C25H24I2N8/c1-2-3-8-22-28-23-20(13-26)29-30-21(14-27)24(23)35(22)15-16-9-11-17(12-10-16)18-6-4-5-7-19(18)25-31-33-34-32-25/h4-7,9-12H,2-3,8,13-15H2,1H3,(H,31,32,33,34). The number of H-pyrrole nitrogens is 1. The number of nitrogens with zero attached hydrogens (tertiary/aromatic N) is 7. The number of aryl methyl sites for hydroxylation is 1. The van der Waals surface area contributed by atoms with Gasteiger partial charge >= 0.3 is 0 Å². The molecule has 8 nitrogen and oxygen atoms in total. The van der Waals surface area contributed by atoms with Gasteiger partial charge in [-0.15, -0.1) is 10.2 Å². The molecule has 35 heavy (non-hydrogen) atoms. The van der Waals surface area contributed by atoms with E-state index in [4.69, 9.17) is 4.98 Å². The Kier molecular flexibility index (Phi) is 7.66. The summed E-state index contributed by atoms with van der Waals surface area (Å²) in [5.41, 5.74) is 8.43. The number of hydrogen-bond donors (Lipinski definition) is 1. The summed E-state index contributed by atoms with van der Waals surface area (Å²) in [6, 6.07) is 16.8. The third-order valence-corrected chi connectivity index (χ3v) is 7.46. The minimum atomic E-state index is 0.591. The van der Waals surface area contributed by atoms with Crippen molar-refractivity contribution in [1.29, 1.82) is 0 Å². The summed E-state index contributed by atoms with van der Waals surface area (Å²) in [4.78, 5) is 5.06. The zero-order chi connectivity index (χ0) is 24.2. The van der Waals surface area contributed by atoms with E-state index in [0.29, 0.717) is 5.82 Å². The van der Waals surface area contributed by atoms with Crippen molar-refractivity contribution in [3.05, 3.63) is 71.3 Å². The maximum atomic E-state index is 5.06. The van der Waals surface area contributed by atoms with Crippen molar-refractivity contribution in [2.75, 3.05) is 0 Å². The Labute approximate surface area is 230 Å². The number of imidazole rings is 1. The highest BCUT2D eigenvalue weighted by Crippen LogP contribution is 2.31. The molecule has 0 aliphatic heterocycles. The van der Waals surface area contributed by atoms with Gasteiger partial charge in [-0.25, -0.2) is 4.98 Å². The fourth-order valence-electron chi connectivity index (χ4n) is 4.26. The van der Waals surface area contributed by atoms with Gasteiger partial charge < -0.3 is 4.57 Å². The van der Waals surface area contributed by atoms with E-state index in [1.54, 1.807) is 0 Å². The van der Waals surface area contributed by atoms with Crippen molar-refractivity contribution in [3.8, 4) is 22.5 Å². The normalized spacial score (nSPS) is 11.4. The molecule has 0 spiro atoms. The lowest BCUT2D eigenvalue weighted by molar-refractivity contribution is 0.688. The van der Waals surface area contributed by atoms with Crippen LogP contribution in [0.15, 0.2) is 48.5 Å². The summed E-state index contributed by atoms with van der Waals surface area (Å²) in [5, 5.41) is 23.6. The van der Waals surface area contributed by atoms with Gasteiger partial charge in [-0.3, -0.25) is 0 Å². The average Bonchev–Trinajstić information content (AvgIpc) is 3.56. The Morgan fingerprint density at radius 1 is 0.886 bits per heavy atom. The lowest BCUT2D eigenvalue weighted by Crippen LogP contribution is -2.07. The number of unbranched alkanes of at least 4 members (excludes halogenated alkanes) is 1. The summed E-state index contributed by atoms with van der Waals surface area (Å²) >= 11 is 4.71. The van der Waals surface area contributed by atoms with E-state index in [1.807, 2.05) is 18.2 Å². The van der Waals surface area contributed by atoms with Crippen molar-refractivity contribution in [2.45, 2.75) is 41.6 Å². The lowest BCUT2D eigenvalue weighted by atomic mass is 9.98. The predicted molar refractivity (Wildman–Crippen MR) is 154 cm³/mol. The number of rotatable bonds is 9. The van der Waals surface area contributed by atoms with Gasteiger partial charge in [0.25, 0.3) is 0 Å². The SMILES string of the molecule is CCCCc1nc2c(CI)nnc(CI)c2n1Cc1ccc(-c2ccccc2-c2nn[nH]n2)cc1. The first kappa shape index (κ1) is 24.2. The molecule has 0 aliphatic carbocycles. The Balaban J connectivity index is 1.53. The molecule has 0 aliphatic rings. The summed E-state index contributed by atoms with van der Waals surface area (Å²) in [5.74, 6) is 1.70. The van der Waals surface area contributed by atoms with E-state index >= 15 is 0 Å². The van der Waals surface area contributed by atoms with Gasteiger partial charge in [0, 0.05) is 27.4 Å². The molecule has 3 aromatic heterocycles. The van der Waals surface area contributed by atoms with E-state index in [2.05, 4.69) is 118 Å². The van der Waals surface area contributed by atoms with Crippen LogP contribution in [0.2, 0.25) is 0 Å². The summed E-state index contributed by atoms with van der Waals surface area (Å²) < 4.78 is 3.95. The molecule has 0 unspecified atom stereocenters. The fourth-order valence-corrected chi connectivity index (χ4v) is 5.29. The number of halogens is 2. The fraction of sp³-hybridized carbons (Fsp3) is 0.280. The van der Waals surface area contributed by atoms with Crippen LogP contribution in [0, 0.1) is 0 Å².